The van der Waals surface area contributed by atoms with E-state index in [-0.39, 0.29) is 11.8 Å². The molecule has 0 atom stereocenters. The smallest absolute Gasteiger partial charge is 0.282 e. The number of rotatable bonds is 5. The fourth-order valence-electron chi connectivity index (χ4n) is 4.26. The summed E-state index contributed by atoms with van der Waals surface area (Å²) in [5.41, 5.74) is 3.05. The highest BCUT2D eigenvalue weighted by Gasteiger charge is 2.44. The standard InChI is InChI=1S/C25H28N2O4/c1-16-11-13-26(14-12-16)23-22(18-6-8-19(30-3)9-7-18)24(28)27(25(23)29)20-15-17(2)5-10-21(20)31-4/h5-10,15-16H,11-14H2,1-4H3. The molecule has 6 nitrogen and oxygen atoms in total. The van der Waals surface area contributed by atoms with Crippen molar-refractivity contribution in [1.29, 1.82) is 0 Å². The van der Waals surface area contributed by atoms with Crippen molar-refractivity contribution in [3.05, 3.63) is 59.3 Å². The van der Waals surface area contributed by atoms with Crippen LogP contribution < -0.4 is 14.4 Å². The Labute approximate surface area is 183 Å². The van der Waals surface area contributed by atoms with Gasteiger partial charge in [-0.3, -0.25) is 9.59 Å². The summed E-state index contributed by atoms with van der Waals surface area (Å²) in [6.07, 6.45) is 1.99. The van der Waals surface area contributed by atoms with Crippen LogP contribution >= 0.6 is 0 Å². The van der Waals surface area contributed by atoms with Crippen LogP contribution in [0.15, 0.2) is 48.2 Å². The van der Waals surface area contributed by atoms with Gasteiger partial charge < -0.3 is 14.4 Å². The number of aryl methyl sites for hydroxylation is 1. The van der Waals surface area contributed by atoms with Gasteiger partial charge in [0.25, 0.3) is 11.8 Å². The molecule has 2 aliphatic heterocycles. The Morgan fingerprint density at radius 2 is 1.58 bits per heavy atom. The Morgan fingerprint density at radius 3 is 2.19 bits per heavy atom. The molecular weight excluding hydrogens is 392 g/mol. The summed E-state index contributed by atoms with van der Waals surface area (Å²) in [7, 11) is 3.15. The third kappa shape index (κ3) is 3.78. The van der Waals surface area contributed by atoms with Gasteiger partial charge in [-0.05, 0) is 61.1 Å². The van der Waals surface area contributed by atoms with Gasteiger partial charge in [0.15, 0.2) is 0 Å². The lowest BCUT2D eigenvalue weighted by Crippen LogP contribution is -2.38. The van der Waals surface area contributed by atoms with Crippen molar-refractivity contribution < 1.29 is 19.1 Å². The summed E-state index contributed by atoms with van der Waals surface area (Å²) in [6, 6.07) is 12.8. The maximum Gasteiger partial charge on any atom is 0.282 e. The normalized spacial score (nSPS) is 17.5. The molecule has 31 heavy (non-hydrogen) atoms. The number of likely N-dealkylation sites (tertiary alicyclic amines) is 1. The maximum absolute atomic E-state index is 13.7. The van der Waals surface area contributed by atoms with Crippen LogP contribution in [0.2, 0.25) is 0 Å². The van der Waals surface area contributed by atoms with Crippen LogP contribution in [0.5, 0.6) is 11.5 Å². The van der Waals surface area contributed by atoms with Crippen molar-refractivity contribution in [1.82, 2.24) is 4.90 Å². The first-order valence-corrected chi connectivity index (χ1v) is 10.6. The van der Waals surface area contributed by atoms with E-state index in [1.807, 2.05) is 43.3 Å². The molecule has 0 radical (unpaired) electrons. The van der Waals surface area contributed by atoms with Gasteiger partial charge >= 0.3 is 0 Å². The number of anilines is 1. The zero-order valence-corrected chi connectivity index (χ0v) is 18.5. The van der Waals surface area contributed by atoms with Crippen molar-refractivity contribution in [2.75, 3.05) is 32.2 Å². The number of methoxy groups -OCH3 is 2. The van der Waals surface area contributed by atoms with E-state index in [0.29, 0.717) is 39.9 Å². The number of nitrogens with zero attached hydrogens (tertiary/aromatic N) is 2. The fraction of sp³-hybridized carbons (Fsp3) is 0.360. The Hall–Kier alpha value is -3.28. The van der Waals surface area contributed by atoms with E-state index in [9.17, 15) is 9.59 Å². The Kier molecular flexibility index (Phi) is 5.72. The van der Waals surface area contributed by atoms with E-state index in [1.54, 1.807) is 20.3 Å². The number of carbonyl (C=O) groups excluding carboxylic acids is 2. The molecule has 2 aromatic rings. The molecule has 2 amide bonds. The van der Waals surface area contributed by atoms with E-state index < -0.39 is 0 Å². The highest BCUT2D eigenvalue weighted by molar-refractivity contribution is 6.45. The van der Waals surface area contributed by atoms with Crippen LogP contribution in [-0.4, -0.2) is 44.0 Å². The molecule has 0 N–H and O–H groups in total. The molecule has 1 saturated heterocycles. The summed E-state index contributed by atoms with van der Waals surface area (Å²) < 4.78 is 10.7. The van der Waals surface area contributed by atoms with Gasteiger partial charge in [0, 0.05) is 13.1 Å². The topological polar surface area (TPSA) is 59.1 Å². The SMILES string of the molecule is COc1ccc(C2=C(N3CCC(C)CC3)C(=O)N(c3cc(C)ccc3OC)C2=O)cc1. The van der Waals surface area contributed by atoms with Crippen molar-refractivity contribution in [2.45, 2.75) is 26.7 Å². The summed E-state index contributed by atoms with van der Waals surface area (Å²) in [4.78, 5) is 30.7. The first-order valence-electron chi connectivity index (χ1n) is 10.6. The molecule has 0 unspecified atom stereocenters. The number of carbonyl (C=O) groups is 2. The van der Waals surface area contributed by atoms with Crippen molar-refractivity contribution in [3.63, 3.8) is 0 Å². The zero-order chi connectivity index (χ0) is 22.1. The van der Waals surface area contributed by atoms with Crippen molar-refractivity contribution in [3.8, 4) is 11.5 Å². The Balaban J connectivity index is 1.83. The second-order valence-corrected chi connectivity index (χ2v) is 8.24. The molecule has 0 saturated carbocycles. The van der Waals surface area contributed by atoms with Crippen LogP contribution in [0.4, 0.5) is 5.69 Å². The fourth-order valence-corrected chi connectivity index (χ4v) is 4.26. The summed E-state index contributed by atoms with van der Waals surface area (Å²) >= 11 is 0. The molecule has 0 bridgehead atoms. The first kappa shape index (κ1) is 21.0. The molecular formula is C25H28N2O4. The number of benzene rings is 2. The second kappa shape index (κ2) is 8.46. The van der Waals surface area contributed by atoms with Gasteiger partial charge in [-0.25, -0.2) is 4.90 Å². The summed E-state index contributed by atoms with van der Waals surface area (Å²) in [5.74, 6) is 1.19. The maximum atomic E-state index is 13.7. The number of imide groups is 1. The van der Waals surface area contributed by atoms with Gasteiger partial charge in [-0.15, -0.1) is 0 Å². The number of ether oxygens (including phenoxy) is 2. The lowest BCUT2D eigenvalue weighted by Gasteiger charge is -2.32. The predicted molar refractivity (Wildman–Crippen MR) is 120 cm³/mol. The van der Waals surface area contributed by atoms with Gasteiger partial charge in [-0.2, -0.15) is 0 Å². The highest BCUT2D eigenvalue weighted by Crippen LogP contribution is 2.40. The lowest BCUT2D eigenvalue weighted by molar-refractivity contribution is -0.120. The minimum absolute atomic E-state index is 0.297. The average molecular weight is 421 g/mol. The zero-order valence-electron chi connectivity index (χ0n) is 18.5. The van der Waals surface area contributed by atoms with Crippen molar-refractivity contribution >= 4 is 23.1 Å². The molecule has 162 valence electrons. The molecule has 0 aromatic heterocycles. The third-order valence-electron chi connectivity index (χ3n) is 6.11. The van der Waals surface area contributed by atoms with Crippen molar-refractivity contribution in [2.24, 2.45) is 5.92 Å². The van der Waals surface area contributed by atoms with E-state index in [0.717, 1.165) is 31.5 Å². The Bertz CT molecular complexity index is 1030. The molecule has 2 aromatic carbocycles. The third-order valence-corrected chi connectivity index (χ3v) is 6.11. The van der Waals surface area contributed by atoms with Gasteiger partial charge in [0.05, 0.1) is 25.5 Å². The highest BCUT2D eigenvalue weighted by atomic mass is 16.5. The van der Waals surface area contributed by atoms with Gasteiger partial charge in [0.1, 0.15) is 17.2 Å². The largest absolute Gasteiger partial charge is 0.497 e. The number of hydrogen-bond acceptors (Lipinski definition) is 5. The molecule has 0 aliphatic carbocycles. The monoisotopic (exact) mass is 420 g/mol. The van der Waals surface area contributed by atoms with E-state index in [1.165, 1.54) is 4.90 Å². The quantitative estimate of drug-likeness (QED) is 0.684. The summed E-state index contributed by atoms with van der Waals surface area (Å²) in [6.45, 7) is 5.67. The molecule has 4 rings (SSSR count). The minimum Gasteiger partial charge on any atom is -0.497 e. The van der Waals surface area contributed by atoms with E-state index >= 15 is 0 Å². The number of amides is 2. The van der Waals surface area contributed by atoms with Gasteiger partial charge in [0.2, 0.25) is 0 Å². The molecule has 1 fully saturated rings. The van der Waals surface area contributed by atoms with E-state index in [2.05, 4.69) is 11.8 Å². The Morgan fingerprint density at radius 1 is 0.903 bits per heavy atom. The average Bonchev–Trinajstić information content (AvgIpc) is 3.04. The molecule has 2 aliphatic rings. The lowest BCUT2D eigenvalue weighted by atomic mass is 9.97. The summed E-state index contributed by atoms with van der Waals surface area (Å²) in [5, 5.41) is 0. The number of piperidine rings is 1. The second-order valence-electron chi connectivity index (χ2n) is 8.24. The molecule has 2 heterocycles. The molecule has 0 spiro atoms. The van der Waals surface area contributed by atoms with Gasteiger partial charge in [-0.1, -0.05) is 25.1 Å². The first-order chi connectivity index (χ1) is 14.9. The van der Waals surface area contributed by atoms with Crippen LogP contribution in [-0.2, 0) is 9.59 Å². The van der Waals surface area contributed by atoms with Crippen LogP contribution in [0.25, 0.3) is 5.57 Å². The van der Waals surface area contributed by atoms with Crippen LogP contribution in [0, 0.1) is 12.8 Å². The van der Waals surface area contributed by atoms with E-state index in [4.69, 9.17) is 9.47 Å². The molecule has 6 heteroatoms. The minimum atomic E-state index is -0.326. The van der Waals surface area contributed by atoms with Crippen LogP contribution in [0.3, 0.4) is 0 Å². The number of hydrogen-bond donors (Lipinski definition) is 0. The predicted octanol–water partition coefficient (Wildman–Crippen LogP) is 4.03. The van der Waals surface area contributed by atoms with Crippen LogP contribution in [0.1, 0.15) is 30.9 Å².